The maximum Gasteiger partial charge on any atom is 0.0792 e. The zero-order chi connectivity index (χ0) is 11.2. The minimum atomic E-state index is 0.423. The number of nitrogens with one attached hydrogen (secondary N) is 1. The molecule has 88 valence electrons. The number of hydrogen-bond donors (Lipinski definition) is 1. The van der Waals surface area contributed by atoms with Gasteiger partial charge in [0.25, 0.3) is 0 Å². The van der Waals surface area contributed by atoms with Crippen molar-refractivity contribution < 1.29 is 4.74 Å². The summed E-state index contributed by atoms with van der Waals surface area (Å²) < 4.78 is 5.38. The van der Waals surface area contributed by atoms with Crippen LogP contribution in [0.15, 0.2) is 30.3 Å². The van der Waals surface area contributed by atoms with Crippen molar-refractivity contribution in [2.75, 3.05) is 31.6 Å². The summed E-state index contributed by atoms with van der Waals surface area (Å²) in [5.41, 5.74) is 1.20. The van der Waals surface area contributed by atoms with Crippen LogP contribution in [-0.4, -0.2) is 37.4 Å². The average Bonchev–Trinajstić information content (AvgIpc) is 2.38. The fraction of sp³-hybridized carbons (Fsp3) is 0.538. The molecule has 1 atom stereocenters. The van der Waals surface area contributed by atoms with Crippen molar-refractivity contribution in [1.29, 1.82) is 0 Å². The van der Waals surface area contributed by atoms with Gasteiger partial charge in [0, 0.05) is 18.8 Å². The molecule has 16 heavy (non-hydrogen) atoms. The second kappa shape index (κ2) is 5.87. The van der Waals surface area contributed by atoms with E-state index in [-0.39, 0.29) is 0 Å². The first-order valence-electron chi connectivity index (χ1n) is 6.03. The van der Waals surface area contributed by atoms with E-state index in [0.717, 1.165) is 32.7 Å². The predicted octanol–water partition coefficient (Wildman–Crippen LogP) is 2.17. The quantitative estimate of drug-likeness (QED) is 0.841. The van der Waals surface area contributed by atoms with Crippen molar-refractivity contribution in [1.82, 2.24) is 4.90 Å². The highest BCUT2D eigenvalue weighted by atomic mass is 16.5. The van der Waals surface area contributed by atoms with Crippen LogP contribution in [-0.2, 0) is 4.74 Å². The van der Waals surface area contributed by atoms with E-state index in [4.69, 9.17) is 4.74 Å². The highest BCUT2D eigenvalue weighted by Crippen LogP contribution is 2.13. The normalized spacial score (nSPS) is 19.3. The average molecular weight is 220 g/mol. The van der Waals surface area contributed by atoms with Crippen LogP contribution in [0.5, 0.6) is 0 Å². The second-order valence-corrected chi connectivity index (χ2v) is 4.08. The molecule has 1 fully saturated rings. The maximum atomic E-state index is 5.38. The molecule has 1 N–H and O–H groups in total. The third-order valence-corrected chi connectivity index (χ3v) is 2.98. The highest BCUT2D eigenvalue weighted by molar-refractivity contribution is 5.43. The van der Waals surface area contributed by atoms with Crippen LogP contribution in [0.25, 0.3) is 0 Å². The SMILES string of the molecule is CCC(Nc1ccccc1)N1CCOCC1. The largest absolute Gasteiger partial charge is 0.379 e. The van der Waals surface area contributed by atoms with Gasteiger partial charge in [-0.15, -0.1) is 0 Å². The molecule has 0 saturated carbocycles. The Hall–Kier alpha value is -1.06. The Labute approximate surface area is 97.4 Å². The molecular weight excluding hydrogens is 200 g/mol. The van der Waals surface area contributed by atoms with Crippen molar-refractivity contribution in [3.05, 3.63) is 30.3 Å². The third-order valence-electron chi connectivity index (χ3n) is 2.98. The Bertz CT molecular complexity index is 296. The van der Waals surface area contributed by atoms with Gasteiger partial charge in [-0.05, 0) is 18.6 Å². The molecular formula is C13H20N2O. The monoisotopic (exact) mass is 220 g/mol. The summed E-state index contributed by atoms with van der Waals surface area (Å²) in [7, 11) is 0. The van der Waals surface area contributed by atoms with E-state index in [9.17, 15) is 0 Å². The van der Waals surface area contributed by atoms with Gasteiger partial charge >= 0.3 is 0 Å². The summed E-state index contributed by atoms with van der Waals surface area (Å²) in [6, 6.07) is 10.4. The minimum Gasteiger partial charge on any atom is -0.379 e. The fourth-order valence-electron chi connectivity index (χ4n) is 2.07. The summed E-state index contributed by atoms with van der Waals surface area (Å²) >= 11 is 0. The molecule has 0 aromatic heterocycles. The van der Waals surface area contributed by atoms with Crippen LogP contribution in [0.1, 0.15) is 13.3 Å². The number of hydrogen-bond acceptors (Lipinski definition) is 3. The number of rotatable bonds is 4. The Morgan fingerprint density at radius 3 is 2.56 bits per heavy atom. The lowest BCUT2D eigenvalue weighted by Crippen LogP contribution is -2.46. The molecule has 0 radical (unpaired) electrons. The van der Waals surface area contributed by atoms with Crippen LogP contribution in [0.2, 0.25) is 0 Å². The lowest BCUT2D eigenvalue weighted by atomic mass is 10.2. The molecule has 1 aliphatic heterocycles. The first-order chi connectivity index (χ1) is 7.90. The summed E-state index contributed by atoms with van der Waals surface area (Å²) in [5.74, 6) is 0. The van der Waals surface area contributed by atoms with Gasteiger partial charge in [-0.3, -0.25) is 4.90 Å². The smallest absolute Gasteiger partial charge is 0.0792 e. The van der Waals surface area contributed by atoms with Crippen molar-refractivity contribution in [2.24, 2.45) is 0 Å². The van der Waals surface area contributed by atoms with E-state index in [1.165, 1.54) is 5.69 Å². The molecule has 3 nitrogen and oxygen atoms in total. The van der Waals surface area contributed by atoms with Crippen LogP contribution in [0.3, 0.4) is 0 Å². The topological polar surface area (TPSA) is 24.5 Å². The molecule has 1 aromatic rings. The van der Waals surface area contributed by atoms with Gasteiger partial charge in [0.05, 0.1) is 19.4 Å². The van der Waals surface area contributed by atoms with E-state index in [1.807, 2.05) is 6.07 Å². The Morgan fingerprint density at radius 2 is 1.94 bits per heavy atom. The summed E-state index contributed by atoms with van der Waals surface area (Å²) in [5, 5.41) is 3.57. The molecule has 1 heterocycles. The summed E-state index contributed by atoms with van der Waals surface area (Å²) in [6.07, 6.45) is 1.53. The van der Waals surface area contributed by atoms with Gasteiger partial charge in [-0.2, -0.15) is 0 Å². The standard InChI is InChI=1S/C13H20N2O/c1-2-13(15-8-10-16-11-9-15)14-12-6-4-3-5-7-12/h3-7,13-14H,2,8-11H2,1H3. The molecule has 1 unspecified atom stereocenters. The van der Waals surface area contributed by atoms with E-state index >= 15 is 0 Å². The van der Waals surface area contributed by atoms with Gasteiger partial charge in [0.15, 0.2) is 0 Å². The van der Waals surface area contributed by atoms with Gasteiger partial charge in [-0.25, -0.2) is 0 Å². The van der Waals surface area contributed by atoms with E-state index in [1.54, 1.807) is 0 Å². The molecule has 0 amide bonds. The van der Waals surface area contributed by atoms with Crippen molar-refractivity contribution in [2.45, 2.75) is 19.5 Å². The summed E-state index contributed by atoms with van der Waals surface area (Å²) in [6.45, 7) is 5.98. The van der Waals surface area contributed by atoms with E-state index in [2.05, 4.69) is 41.4 Å². The molecule has 2 rings (SSSR count). The number of ether oxygens (including phenoxy) is 1. The van der Waals surface area contributed by atoms with Crippen LogP contribution >= 0.6 is 0 Å². The Kier molecular flexibility index (Phi) is 4.19. The van der Waals surface area contributed by atoms with E-state index < -0.39 is 0 Å². The fourth-order valence-corrected chi connectivity index (χ4v) is 2.07. The summed E-state index contributed by atoms with van der Waals surface area (Å²) in [4.78, 5) is 2.45. The third kappa shape index (κ3) is 2.97. The number of para-hydroxylation sites is 1. The number of anilines is 1. The minimum absolute atomic E-state index is 0.423. The second-order valence-electron chi connectivity index (χ2n) is 4.08. The molecule has 3 heteroatoms. The van der Waals surface area contributed by atoms with Crippen LogP contribution in [0.4, 0.5) is 5.69 Å². The first kappa shape index (κ1) is 11.4. The molecule has 1 aliphatic rings. The van der Waals surface area contributed by atoms with E-state index in [0.29, 0.717) is 6.17 Å². The molecule has 0 spiro atoms. The van der Waals surface area contributed by atoms with Crippen LogP contribution < -0.4 is 5.32 Å². The zero-order valence-corrected chi connectivity index (χ0v) is 9.86. The lowest BCUT2D eigenvalue weighted by molar-refractivity contribution is 0.0214. The molecule has 1 aromatic carbocycles. The van der Waals surface area contributed by atoms with Crippen molar-refractivity contribution >= 4 is 5.69 Å². The Balaban J connectivity index is 1.94. The number of benzene rings is 1. The van der Waals surface area contributed by atoms with Crippen molar-refractivity contribution in [3.63, 3.8) is 0 Å². The molecule has 1 saturated heterocycles. The van der Waals surface area contributed by atoms with Gasteiger partial charge in [0.1, 0.15) is 0 Å². The number of morpholine rings is 1. The van der Waals surface area contributed by atoms with Crippen molar-refractivity contribution in [3.8, 4) is 0 Å². The highest BCUT2D eigenvalue weighted by Gasteiger charge is 2.18. The molecule has 0 aliphatic carbocycles. The number of nitrogens with zero attached hydrogens (tertiary/aromatic N) is 1. The van der Waals surface area contributed by atoms with Gasteiger partial charge < -0.3 is 10.1 Å². The van der Waals surface area contributed by atoms with Crippen LogP contribution in [0, 0.1) is 0 Å². The lowest BCUT2D eigenvalue weighted by Gasteiger charge is -2.34. The van der Waals surface area contributed by atoms with Gasteiger partial charge in [-0.1, -0.05) is 25.1 Å². The Morgan fingerprint density at radius 1 is 1.25 bits per heavy atom. The maximum absolute atomic E-state index is 5.38. The predicted molar refractivity (Wildman–Crippen MR) is 66.5 cm³/mol. The zero-order valence-electron chi connectivity index (χ0n) is 9.86. The molecule has 0 bridgehead atoms. The first-order valence-corrected chi connectivity index (χ1v) is 6.03. The van der Waals surface area contributed by atoms with Gasteiger partial charge in [0.2, 0.25) is 0 Å².